The third-order valence-corrected chi connectivity index (χ3v) is 8.03. The maximum Gasteiger partial charge on any atom is 0.302 e. The van der Waals surface area contributed by atoms with Crippen LogP contribution in [0.1, 0.15) is 50.5 Å². The van der Waals surface area contributed by atoms with E-state index in [0.717, 1.165) is 42.8 Å². The topological polar surface area (TPSA) is 81.7 Å². The highest BCUT2D eigenvalue weighted by Crippen LogP contribution is 2.31. The second-order valence-corrected chi connectivity index (χ2v) is 11.7. The molecule has 0 N–H and O–H groups in total. The number of unbranched alkanes of at least 4 members (excludes halogenated alkanes) is 1. The molecule has 4 heterocycles. The number of thiazole rings is 1. The van der Waals surface area contributed by atoms with Crippen molar-refractivity contribution >= 4 is 23.0 Å². The molecule has 0 unspecified atom stereocenters. The molecule has 1 fully saturated rings. The highest BCUT2D eigenvalue weighted by molar-refractivity contribution is 7.15. The molecule has 39 heavy (non-hydrogen) atoms. The van der Waals surface area contributed by atoms with Gasteiger partial charge < -0.3 is 14.2 Å². The van der Waals surface area contributed by atoms with Gasteiger partial charge in [0.15, 0.2) is 5.69 Å². The number of likely N-dealkylation sites (tertiary alicyclic amines) is 1. The van der Waals surface area contributed by atoms with E-state index in [4.69, 9.17) is 9.72 Å². The number of nitrogens with zero attached hydrogens (tertiary/aromatic N) is 5. The number of piperidine rings is 1. The average Bonchev–Trinajstić information content (AvgIpc) is 3.53. The van der Waals surface area contributed by atoms with Gasteiger partial charge in [-0.1, -0.05) is 39.3 Å². The van der Waals surface area contributed by atoms with Gasteiger partial charge in [-0.2, -0.15) is 0 Å². The summed E-state index contributed by atoms with van der Waals surface area (Å²) >= 11 is 1.42. The Balaban J connectivity index is 1.48. The Morgan fingerprint density at radius 3 is 2.62 bits per heavy atom. The smallest absolute Gasteiger partial charge is 0.302 e. The zero-order valence-electron chi connectivity index (χ0n) is 22.6. The van der Waals surface area contributed by atoms with E-state index in [9.17, 15) is 14.0 Å². The number of benzene rings is 1. The zero-order chi connectivity index (χ0) is 27.5. The van der Waals surface area contributed by atoms with Crippen molar-refractivity contribution in [3.63, 3.8) is 0 Å². The van der Waals surface area contributed by atoms with Crippen molar-refractivity contribution in [1.82, 2.24) is 23.8 Å². The van der Waals surface area contributed by atoms with Crippen molar-refractivity contribution in [1.29, 1.82) is 0 Å². The number of imidazole rings is 1. The second kappa shape index (κ2) is 11.7. The quantitative estimate of drug-likeness (QED) is 0.273. The maximum absolute atomic E-state index is 13.6. The lowest BCUT2D eigenvalue weighted by Gasteiger charge is -2.35. The summed E-state index contributed by atoms with van der Waals surface area (Å²) in [5.74, 6) is 1.19. The van der Waals surface area contributed by atoms with Crippen molar-refractivity contribution < 1.29 is 13.9 Å². The van der Waals surface area contributed by atoms with Crippen LogP contribution in [0.25, 0.3) is 16.5 Å². The number of amides is 1. The van der Waals surface area contributed by atoms with E-state index in [1.165, 1.54) is 27.9 Å². The minimum atomic E-state index is -0.326. The van der Waals surface area contributed by atoms with E-state index < -0.39 is 0 Å². The molecule has 1 aromatic carbocycles. The van der Waals surface area contributed by atoms with Gasteiger partial charge in [0.25, 0.3) is 0 Å². The Labute approximate surface area is 231 Å². The van der Waals surface area contributed by atoms with Crippen LogP contribution >= 0.6 is 11.3 Å². The number of hydrogen-bond donors (Lipinski definition) is 0. The average molecular weight is 552 g/mol. The molecule has 0 bridgehead atoms. The standard InChI is InChI=1S/C29H34FN5O3S/c1-4-5-12-38-26-25(27-31-15-23(39-27)14-21-6-8-22(30)9-7-21)32-29-33(10-11-35(29)28(26)37)18-24(36)34-16-19(2)13-20(3)17-34/h6-11,15,19-20H,4-5,12-14,16-18H2,1-3H3/t19-,20-/m1/s1. The lowest BCUT2D eigenvalue weighted by Crippen LogP contribution is -2.44. The van der Waals surface area contributed by atoms with Crippen LogP contribution in [-0.4, -0.2) is 49.4 Å². The van der Waals surface area contributed by atoms with E-state index in [1.54, 1.807) is 35.3 Å². The molecule has 1 amide bonds. The van der Waals surface area contributed by atoms with Crippen LogP contribution in [0.4, 0.5) is 4.39 Å². The lowest BCUT2D eigenvalue weighted by molar-refractivity contribution is -0.134. The minimum Gasteiger partial charge on any atom is -0.486 e. The minimum absolute atomic E-state index is 0.0152. The van der Waals surface area contributed by atoms with E-state index >= 15 is 0 Å². The van der Waals surface area contributed by atoms with Crippen LogP contribution < -0.4 is 10.3 Å². The van der Waals surface area contributed by atoms with Gasteiger partial charge in [-0.05, 0) is 42.4 Å². The fraction of sp³-hybridized carbons (Fsp3) is 0.448. The predicted molar refractivity (Wildman–Crippen MR) is 150 cm³/mol. The molecule has 1 saturated heterocycles. The van der Waals surface area contributed by atoms with Gasteiger partial charge in [0.05, 0.1) is 6.61 Å². The first-order valence-corrected chi connectivity index (χ1v) is 14.4. The predicted octanol–water partition coefficient (Wildman–Crippen LogP) is 5.03. The summed E-state index contributed by atoms with van der Waals surface area (Å²) < 4.78 is 22.4. The van der Waals surface area contributed by atoms with Gasteiger partial charge in [0.2, 0.25) is 17.4 Å². The zero-order valence-corrected chi connectivity index (χ0v) is 23.4. The number of hydrogen-bond acceptors (Lipinski definition) is 6. The summed E-state index contributed by atoms with van der Waals surface area (Å²) in [6.07, 6.45) is 8.55. The molecule has 0 radical (unpaired) electrons. The summed E-state index contributed by atoms with van der Waals surface area (Å²) in [5.41, 5.74) is 1.01. The van der Waals surface area contributed by atoms with Crippen LogP contribution in [0.5, 0.6) is 5.75 Å². The highest BCUT2D eigenvalue weighted by atomic mass is 32.1. The largest absolute Gasteiger partial charge is 0.486 e. The van der Waals surface area contributed by atoms with Gasteiger partial charge >= 0.3 is 5.56 Å². The van der Waals surface area contributed by atoms with Gasteiger partial charge in [0.1, 0.15) is 17.4 Å². The summed E-state index contributed by atoms with van der Waals surface area (Å²) in [7, 11) is 0. The SMILES string of the molecule is CCCCOc1c(-c2ncc(Cc3ccc(F)cc3)s2)nc2n(CC(=O)N3C[C@H](C)C[C@@H](C)C3)ccn2c1=O. The second-order valence-electron chi connectivity index (χ2n) is 10.6. The molecular weight excluding hydrogens is 517 g/mol. The molecule has 1 aliphatic rings. The first-order valence-electron chi connectivity index (χ1n) is 13.5. The summed E-state index contributed by atoms with van der Waals surface area (Å²) in [4.78, 5) is 39.1. The van der Waals surface area contributed by atoms with Crippen molar-refractivity contribution in [3.8, 4) is 16.5 Å². The molecule has 1 aliphatic heterocycles. The van der Waals surface area contributed by atoms with Gasteiger partial charge in [-0.25, -0.2) is 18.8 Å². The van der Waals surface area contributed by atoms with Gasteiger partial charge in [0, 0.05) is 43.0 Å². The Morgan fingerprint density at radius 2 is 1.90 bits per heavy atom. The van der Waals surface area contributed by atoms with Crippen LogP contribution in [0.3, 0.4) is 0 Å². The number of halogens is 1. The summed E-state index contributed by atoms with van der Waals surface area (Å²) in [5, 5.41) is 0.566. The Hall–Kier alpha value is -3.53. The molecular formula is C29H34FN5O3S. The number of fused-ring (bicyclic) bond motifs is 1. The van der Waals surface area contributed by atoms with E-state index in [1.807, 2.05) is 4.90 Å². The lowest BCUT2D eigenvalue weighted by atomic mass is 9.92. The molecule has 0 aliphatic carbocycles. The molecule has 10 heteroatoms. The van der Waals surface area contributed by atoms with Crippen molar-refractivity contribution in [3.05, 3.63) is 69.5 Å². The molecule has 0 saturated carbocycles. The highest BCUT2D eigenvalue weighted by Gasteiger charge is 2.27. The van der Waals surface area contributed by atoms with Gasteiger partial charge in [-0.15, -0.1) is 11.3 Å². The number of carbonyl (C=O) groups excluding carboxylic acids is 1. The van der Waals surface area contributed by atoms with Crippen molar-refractivity contribution in [2.24, 2.45) is 11.8 Å². The third kappa shape index (κ3) is 6.06. The van der Waals surface area contributed by atoms with Gasteiger partial charge in [-0.3, -0.25) is 9.59 Å². The van der Waals surface area contributed by atoms with E-state index in [0.29, 0.717) is 41.3 Å². The molecule has 4 aromatic rings. The number of aromatic nitrogens is 4. The van der Waals surface area contributed by atoms with Crippen LogP contribution in [-0.2, 0) is 17.8 Å². The van der Waals surface area contributed by atoms with Crippen molar-refractivity contribution in [2.45, 2.75) is 53.0 Å². The van der Waals surface area contributed by atoms with Crippen molar-refractivity contribution in [2.75, 3.05) is 19.7 Å². The fourth-order valence-corrected chi connectivity index (χ4v) is 6.12. The molecule has 0 spiro atoms. The number of carbonyl (C=O) groups is 1. The first-order chi connectivity index (χ1) is 18.8. The molecule has 8 nitrogen and oxygen atoms in total. The van der Waals surface area contributed by atoms with Crippen LogP contribution in [0, 0.1) is 17.7 Å². The van der Waals surface area contributed by atoms with Crippen LogP contribution in [0.15, 0.2) is 47.7 Å². The Kier molecular flexibility index (Phi) is 8.11. The molecule has 5 rings (SSSR count). The van der Waals surface area contributed by atoms with E-state index in [2.05, 4.69) is 25.8 Å². The monoisotopic (exact) mass is 551 g/mol. The molecule has 2 atom stereocenters. The summed E-state index contributed by atoms with van der Waals surface area (Å²) in [6, 6.07) is 6.37. The summed E-state index contributed by atoms with van der Waals surface area (Å²) in [6.45, 7) is 8.39. The maximum atomic E-state index is 13.6. The fourth-order valence-electron chi connectivity index (χ4n) is 5.19. The molecule has 206 valence electrons. The molecule has 3 aromatic heterocycles. The van der Waals surface area contributed by atoms with Crippen LogP contribution in [0.2, 0.25) is 0 Å². The Bertz CT molecular complexity index is 1500. The van der Waals surface area contributed by atoms with E-state index in [-0.39, 0.29) is 29.6 Å². The first kappa shape index (κ1) is 27.1. The third-order valence-electron chi connectivity index (χ3n) is 7.03. The number of ether oxygens (including phenoxy) is 1. The number of rotatable bonds is 9. The normalized spacial score (nSPS) is 17.6. The Morgan fingerprint density at radius 1 is 1.15 bits per heavy atom.